The zero-order valence-corrected chi connectivity index (χ0v) is 13.6. The predicted octanol–water partition coefficient (Wildman–Crippen LogP) is 2.33. The van der Waals surface area contributed by atoms with Gasteiger partial charge < -0.3 is 10.6 Å². The lowest BCUT2D eigenvalue weighted by atomic mass is 10.0. The minimum absolute atomic E-state index is 0.172. The molecule has 2 heterocycles. The highest BCUT2D eigenvalue weighted by molar-refractivity contribution is 7.10. The molecule has 1 aromatic heterocycles. The third-order valence-corrected chi connectivity index (χ3v) is 5.42. The van der Waals surface area contributed by atoms with Crippen molar-refractivity contribution in [3.8, 4) is 0 Å². The number of hydrogen-bond donors (Lipinski definition) is 1. The first kappa shape index (κ1) is 15.0. The van der Waals surface area contributed by atoms with Crippen LogP contribution in [0.1, 0.15) is 30.3 Å². The van der Waals surface area contributed by atoms with Gasteiger partial charge in [0.2, 0.25) is 0 Å². The molecule has 0 amide bonds. The predicted molar refractivity (Wildman–Crippen MR) is 83.7 cm³/mol. The highest BCUT2D eigenvalue weighted by atomic mass is 32.1. The Morgan fingerprint density at radius 2 is 2.11 bits per heavy atom. The van der Waals surface area contributed by atoms with Crippen molar-refractivity contribution in [1.29, 1.82) is 0 Å². The fraction of sp³-hybridized carbons (Fsp3) is 0.733. The Hall–Kier alpha value is -0.420. The maximum atomic E-state index is 6.29. The summed E-state index contributed by atoms with van der Waals surface area (Å²) in [5, 5.41) is 2.18. The highest BCUT2D eigenvalue weighted by Gasteiger charge is 2.37. The number of likely N-dealkylation sites (N-methyl/N-ethyl adjacent to an activating group) is 1. The van der Waals surface area contributed by atoms with E-state index in [0.29, 0.717) is 18.0 Å². The summed E-state index contributed by atoms with van der Waals surface area (Å²) in [6, 6.07) is 3.39. The van der Waals surface area contributed by atoms with E-state index >= 15 is 0 Å². The fourth-order valence-corrected chi connectivity index (χ4v) is 4.49. The smallest absolute Gasteiger partial charge is 0.0594 e. The second-order valence-electron chi connectivity index (χ2n) is 6.23. The van der Waals surface area contributed by atoms with Crippen LogP contribution in [0.5, 0.6) is 0 Å². The molecule has 3 nitrogen and oxygen atoms in total. The molecule has 1 saturated heterocycles. The van der Waals surface area contributed by atoms with E-state index in [0.717, 1.165) is 13.1 Å². The van der Waals surface area contributed by atoms with Crippen molar-refractivity contribution >= 4 is 11.3 Å². The van der Waals surface area contributed by atoms with E-state index < -0.39 is 0 Å². The highest BCUT2D eigenvalue weighted by Crippen LogP contribution is 2.35. The molecule has 0 aromatic carbocycles. The van der Waals surface area contributed by atoms with Gasteiger partial charge in [-0.2, -0.15) is 0 Å². The number of aryl methyl sites for hydroxylation is 1. The van der Waals surface area contributed by atoms with Crippen molar-refractivity contribution in [3.63, 3.8) is 0 Å². The minimum atomic E-state index is 0.172. The number of rotatable bonds is 4. The molecule has 4 unspecified atom stereocenters. The first-order valence-electron chi connectivity index (χ1n) is 7.11. The molecule has 1 fully saturated rings. The summed E-state index contributed by atoms with van der Waals surface area (Å²) < 4.78 is 0. The Morgan fingerprint density at radius 3 is 2.53 bits per heavy atom. The van der Waals surface area contributed by atoms with Crippen LogP contribution < -0.4 is 5.73 Å². The second-order valence-corrected chi connectivity index (χ2v) is 7.18. The maximum Gasteiger partial charge on any atom is 0.0594 e. The van der Waals surface area contributed by atoms with E-state index in [9.17, 15) is 0 Å². The molecule has 0 aliphatic carbocycles. The van der Waals surface area contributed by atoms with Crippen LogP contribution in [0.15, 0.2) is 11.4 Å². The van der Waals surface area contributed by atoms with Gasteiger partial charge >= 0.3 is 0 Å². The summed E-state index contributed by atoms with van der Waals surface area (Å²) in [7, 11) is 4.36. The van der Waals surface area contributed by atoms with Crippen molar-refractivity contribution in [2.24, 2.45) is 11.7 Å². The van der Waals surface area contributed by atoms with E-state index in [1.807, 2.05) is 11.3 Å². The van der Waals surface area contributed by atoms with Gasteiger partial charge in [0.25, 0.3) is 0 Å². The Kier molecular flexibility index (Phi) is 4.66. The van der Waals surface area contributed by atoms with Crippen molar-refractivity contribution in [2.75, 3.05) is 27.2 Å². The van der Waals surface area contributed by atoms with Crippen molar-refractivity contribution in [3.05, 3.63) is 21.9 Å². The average molecular weight is 281 g/mol. The van der Waals surface area contributed by atoms with E-state index in [1.165, 1.54) is 10.4 Å². The quantitative estimate of drug-likeness (QED) is 0.919. The zero-order chi connectivity index (χ0) is 14.2. The van der Waals surface area contributed by atoms with Crippen LogP contribution in [0.2, 0.25) is 0 Å². The molecule has 4 heteroatoms. The fourth-order valence-electron chi connectivity index (χ4n) is 3.31. The summed E-state index contributed by atoms with van der Waals surface area (Å²) in [4.78, 5) is 6.38. The molecule has 108 valence electrons. The van der Waals surface area contributed by atoms with Gasteiger partial charge in [-0.25, -0.2) is 0 Å². The van der Waals surface area contributed by atoms with E-state index in [-0.39, 0.29) is 6.04 Å². The third-order valence-electron chi connectivity index (χ3n) is 4.33. The largest absolute Gasteiger partial charge is 0.326 e. The maximum absolute atomic E-state index is 6.29. The number of likely N-dealkylation sites (tertiary alicyclic amines) is 1. The van der Waals surface area contributed by atoms with Crippen molar-refractivity contribution < 1.29 is 0 Å². The lowest BCUT2D eigenvalue weighted by molar-refractivity contribution is 0.199. The van der Waals surface area contributed by atoms with E-state index in [1.54, 1.807) is 0 Å². The van der Waals surface area contributed by atoms with E-state index in [2.05, 4.69) is 56.1 Å². The number of thiophene rings is 1. The zero-order valence-electron chi connectivity index (χ0n) is 12.8. The summed E-state index contributed by atoms with van der Waals surface area (Å²) >= 11 is 1.85. The van der Waals surface area contributed by atoms with Crippen molar-refractivity contribution in [2.45, 2.75) is 38.9 Å². The van der Waals surface area contributed by atoms with Gasteiger partial charge in [-0.15, -0.1) is 11.3 Å². The van der Waals surface area contributed by atoms with Gasteiger partial charge in [-0.1, -0.05) is 6.92 Å². The van der Waals surface area contributed by atoms with Gasteiger partial charge in [0.1, 0.15) is 0 Å². The average Bonchev–Trinajstić information content (AvgIpc) is 2.87. The minimum Gasteiger partial charge on any atom is -0.326 e. The van der Waals surface area contributed by atoms with Gasteiger partial charge in [0.05, 0.1) is 6.04 Å². The molecular weight excluding hydrogens is 254 g/mol. The Morgan fingerprint density at radius 1 is 1.42 bits per heavy atom. The molecule has 1 aromatic rings. The normalized spacial score (nSPS) is 27.9. The molecule has 0 bridgehead atoms. The van der Waals surface area contributed by atoms with Gasteiger partial charge in [0, 0.05) is 30.1 Å². The van der Waals surface area contributed by atoms with Crippen LogP contribution in [0.4, 0.5) is 0 Å². The molecule has 2 rings (SSSR count). The summed E-state index contributed by atoms with van der Waals surface area (Å²) in [6.45, 7) is 8.95. The number of nitrogens with two attached hydrogens (primary N) is 1. The van der Waals surface area contributed by atoms with Gasteiger partial charge in [0.15, 0.2) is 0 Å². The molecule has 0 spiro atoms. The lowest BCUT2D eigenvalue weighted by Crippen LogP contribution is -2.40. The summed E-state index contributed by atoms with van der Waals surface area (Å²) in [5.41, 5.74) is 7.68. The Labute approximate surface area is 121 Å². The first-order valence-corrected chi connectivity index (χ1v) is 7.99. The third kappa shape index (κ3) is 3.02. The first-order chi connectivity index (χ1) is 8.91. The molecule has 19 heavy (non-hydrogen) atoms. The molecule has 0 saturated carbocycles. The van der Waals surface area contributed by atoms with Gasteiger partial charge in [-0.3, -0.25) is 4.90 Å². The summed E-state index contributed by atoms with van der Waals surface area (Å²) in [5.74, 6) is 0.705. The van der Waals surface area contributed by atoms with Crippen LogP contribution in [0.3, 0.4) is 0 Å². The lowest BCUT2D eigenvalue weighted by Gasteiger charge is -2.31. The number of nitrogens with zero attached hydrogens (tertiary/aromatic N) is 2. The van der Waals surface area contributed by atoms with E-state index in [4.69, 9.17) is 5.73 Å². The van der Waals surface area contributed by atoms with Gasteiger partial charge in [-0.05, 0) is 50.9 Å². The Bertz CT molecular complexity index is 413. The molecule has 1 aliphatic heterocycles. The van der Waals surface area contributed by atoms with Crippen LogP contribution in [0, 0.1) is 12.8 Å². The monoisotopic (exact) mass is 281 g/mol. The molecule has 0 radical (unpaired) electrons. The Balaban J connectivity index is 2.21. The van der Waals surface area contributed by atoms with Crippen LogP contribution in [-0.2, 0) is 0 Å². The van der Waals surface area contributed by atoms with Crippen LogP contribution >= 0.6 is 11.3 Å². The molecular formula is C15H27N3S. The summed E-state index contributed by atoms with van der Waals surface area (Å²) in [6.07, 6.45) is 0. The number of hydrogen-bond acceptors (Lipinski definition) is 4. The van der Waals surface area contributed by atoms with Crippen LogP contribution in [0.25, 0.3) is 0 Å². The second kappa shape index (κ2) is 5.92. The van der Waals surface area contributed by atoms with Crippen LogP contribution in [-0.4, -0.2) is 49.1 Å². The SMILES string of the molecule is Cc1ccsc1C(C(C)N)N1CC(C)C(N(C)C)C1. The standard InChI is InChI=1S/C15H27N3S/c1-10-6-7-19-15(10)14(12(3)16)18-8-11(2)13(9-18)17(4)5/h6-7,11-14H,8-9,16H2,1-5H3. The molecule has 2 N–H and O–H groups in total. The molecule has 1 aliphatic rings. The molecule has 4 atom stereocenters. The van der Waals surface area contributed by atoms with Crippen molar-refractivity contribution in [1.82, 2.24) is 9.80 Å². The topological polar surface area (TPSA) is 32.5 Å².